The van der Waals surface area contributed by atoms with Gasteiger partial charge in [-0.1, -0.05) is 0 Å². The highest BCUT2D eigenvalue weighted by atomic mass is 16.5. The Bertz CT molecular complexity index is 743. The van der Waals surface area contributed by atoms with Gasteiger partial charge in [0, 0.05) is 13.1 Å². The topological polar surface area (TPSA) is 134 Å². The van der Waals surface area contributed by atoms with Crippen molar-refractivity contribution < 1.29 is 38.9 Å². The number of rotatable bonds is 8. The van der Waals surface area contributed by atoms with Gasteiger partial charge in [0.15, 0.2) is 13.2 Å². The Balaban J connectivity index is 1.46. The second-order valence-corrected chi connectivity index (χ2v) is 7.22. The summed E-state index contributed by atoms with van der Waals surface area (Å²) in [7, 11) is 0. The van der Waals surface area contributed by atoms with Crippen molar-refractivity contribution in [2.24, 2.45) is 0 Å². The molecule has 2 aliphatic rings. The van der Waals surface area contributed by atoms with Gasteiger partial charge in [0.05, 0.1) is 0 Å². The number of benzene rings is 1. The first-order valence-corrected chi connectivity index (χ1v) is 9.77. The quantitative estimate of drug-likeness (QED) is 0.624. The fourth-order valence-corrected chi connectivity index (χ4v) is 3.73. The van der Waals surface area contributed by atoms with Crippen LogP contribution in [0.5, 0.6) is 11.5 Å². The molecular weight excluding hydrogens is 396 g/mol. The number of hydrogen-bond donors (Lipinski definition) is 2. The molecule has 10 heteroatoms. The van der Waals surface area contributed by atoms with Crippen molar-refractivity contribution in [2.45, 2.75) is 37.8 Å². The van der Waals surface area contributed by atoms with Gasteiger partial charge < -0.3 is 29.5 Å². The first-order chi connectivity index (χ1) is 14.4. The number of carboxylic acids is 2. The first-order valence-electron chi connectivity index (χ1n) is 9.77. The number of aliphatic carboxylic acids is 2. The van der Waals surface area contributed by atoms with Gasteiger partial charge >= 0.3 is 11.9 Å². The lowest BCUT2D eigenvalue weighted by molar-refractivity contribution is -0.149. The van der Waals surface area contributed by atoms with E-state index in [4.69, 9.17) is 19.7 Å². The van der Waals surface area contributed by atoms with E-state index in [1.54, 1.807) is 24.3 Å². The van der Waals surface area contributed by atoms with Gasteiger partial charge in [-0.15, -0.1) is 0 Å². The van der Waals surface area contributed by atoms with E-state index in [0.717, 1.165) is 0 Å². The standard InChI is InChI=1S/C20H24N2O8/c23-17(21-9-1-3-15(21)19(25)26)11-29-13-5-7-14(8-6-13)30-12-18(24)22-10-2-4-16(22)20(27)28/h5-8,15-16H,1-4,9-12H2,(H,25,26)(H,27,28)/t15-,16-/m1/s1. The van der Waals surface area contributed by atoms with E-state index >= 15 is 0 Å². The number of nitrogens with zero attached hydrogens (tertiary/aromatic N) is 2. The van der Waals surface area contributed by atoms with Gasteiger partial charge in [0.1, 0.15) is 23.6 Å². The highest BCUT2D eigenvalue weighted by Gasteiger charge is 2.35. The Labute approximate surface area is 173 Å². The van der Waals surface area contributed by atoms with Crippen molar-refractivity contribution in [1.82, 2.24) is 9.80 Å². The number of amides is 2. The van der Waals surface area contributed by atoms with Gasteiger partial charge in [0.25, 0.3) is 11.8 Å². The zero-order valence-electron chi connectivity index (χ0n) is 16.4. The normalized spacial score (nSPS) is 20.8. The lowest BCUT2D eigenvalue weighted by Crippen LogP contribution is -2.42. The zero-order chi connectivity index (χ0) is 21.7. The molecular formula is C20H24N2O8. The number of likely N-dealkylation sites (tertiary alicyclic amines) is 2. The largest absolute Gasteiger partial charge is 0.484 e. The van der Waals surface area contributed by atoms with Crippen LogP contribution in [-0.2, 0) is 19.2 Å². The molecule has 0 spiro atoms. The Morgan fingerprint density at radius 1 is 0.767 bits per heavy atom. The first kappa shape index (κ1) is 21.4. The van der Waals surface area contributed by atoms with Gasteiger partial charge in [-0.25, -0.2) is 9.59 Å². The molecule has 10 nitrogen and oxygen atoms in total. The summed E-state index contributed by atoms with van der Waals surface area (Å²) >= 11 is 0. The summed E-state index contributed by atoms with van der Waals surface area (Å²) in [5, 5.41) is 18.3. The number of hydrogen-bond acceptors (Lipinski definition) is 6. The monoisotopic (exact) mass is 420 g/mol. The van der Waals surface area contributed by atoms with Crippen LogP contribution in [0.1, 0.15) is 25.7 Å². The summed E-state index contributed by atoms with van der Waals surface area (Å²) in [6, 6.07) is 4.68. The van der Waals surface area contributed by atoms with Crippen LogP contribution in [0.3, 0.4) is 0 Å². The molecule has 0 unspecified atom stereocenters. The van der Waals surface area contributed by atoms with E-state index in [9.17, 15) is 19.2 Å². The molecule has 2 heterocycles. The minimum absolute atomic E-state index is 0.270. The van der Waals surface area contributed by atoms with Crippen LogP contribution in [-0.4, -0.2) is 82.2 Å². The predicted molar refractivity (Wildman–Crippen MR) is 102 cm³/mol. The third kappa shape index (κ3) is 5.00. The van der Waals surface area contributed by atoms with E-state index in [1.807, 2.05) is 0 Å². The van der Waals surface area contributed by atoms with E-state index in [0.29, 0.717) is 50.3 Å². The Morgan fingerprint density at radius 3 is 1.47 bits per heavy atom. The van der Waals surface area contributed by atoms with Crippen molar-refractivity contribution >= 4 is 23.8 Å². The lowest BCUT2D eigenvalue weighted by atomic mass is 10.2. The zero-order valence-corrected chi connectivity index (χ0v) is 16.4. The smallest absolute Gasteiger partial charge is 0.326 e. The van der Waals surface area contributed by atoms with Crippen LogP contribution in [0.25, 0.3) is 0 Å². The van der Waals surface area contributed by atoms with Crippen LogP contribution in [0.2, 0.25) is 0 Å². The maximum absolute atomic E-state index is 12.2. The summed E-state index contributed by atoms with van der Waals surface area (Å²) < 4.78 is 10.9. The maximum Gasteiger partial charge on any atom is 0.326 e. The molecule has 1 aromatic carbocycles. The molecule has 2 atom stereocenters. The number of ether oxygens (including phenoxy) is 2. The van der Waals surface area contributed by atoms with Crippen LogP contribution in [0.4, 0.5) is 0 Å². The highest BCUT2D eigenvalue weighted by Crippen LogP contribution is 2.21. The summed E-state index contributed by atoms with van der Waals surface area (Å²) in [4.78, 5) is 49.4. The molecule has 0 aliphatic carbocycles. The molecule has 2 N–H and O–H groups in total. The minimum Gasteiger partial charge on any atom is -0.484 e. The Morgan fingerprint density at radius 2 is 1.13 bits per heavy atom. The summed E-state index contributed by atoms with van der Waals surface area (Å²) in [5.74, 6) is -1.99. The third-order valence-corrected chi connectivity index (χ3v) is 5.26. The number of carbonyl (C=O) groups is 4. The van der Waals surface area contributed by atoms with Gasteiger partial charge in [-0.3, -0.25) is 9.59 Å². The molecule has 0 saturated carbocycles. The van der Waals surface area contributed by atoms with Gasteiger partial charge in [0.2, 0.25) is 0 Å². The number of carbonyl (C=O) groups excluding carboxylic acids is 2. The summed E-state index contributed by atoms with van der Waals surface area (Å²) in [6.45, 7) is 0.265. The third-order valence-electron chi connectivity index (χ3n) is 5.26. The lowest BCUT2D eigenvalue weighted by Gasteiger charge is -2.21. The molecule has 162 valence electrons. The average molecular weight is 420 g/mol. The summed E-state index contributed by atoms with van der Waals surface area (Å²) in [6.07, 6.45) is 2.18. The molecule has 0 aromatic heterocycles. The Hall–Kier alpha value is -3.30. The fourth-order valence-electron chi connectivity index (χ4n) is 3.73. The maximum atomic E-state index is 12.2. The Kier molecular flexibility index (Phi) is 6.76. The molecule has 2 saturated heterocycles. The van der Waals surface area contributed by atoms with E-state index < -0.39 is 24.0 Å². The van der Waals surface area contributed by atoms with E-state index in [-0.39, 0.29) is 25.0 Å². The molecule has 0 radical (unpaired) electrons. The van der Waals surface area contributed by atoms with Crippen LogP contribution < -0.4 is 9.47 Å². The van der Waals surface area contributed by atoms with Crippen molar-refractivity contribution in [3.63, 3.8) is 0 Å². The van der Waals surface area contributed by atoms with Crippen molar-refractivity contribution in [2.75, 3.05) is 26.3 Å². The number of carboxylic acid groups (broad SMARTS) is 2. The fraction of sp³-hybridized carbons (Fsp3) is 0.500. The van der Waals surface area contributed by atoms with Gasteiger partial charge in [-0.05, 0) is 49.9 Å². The molecule has 2 amide bonds. The second-order valence-electron chi connectivity index (χ2n) is 7.22. The van der Waals surface area contributed by atoms with E-state index in [2.05, 4.69) is 0 Å². The molecule has 3 rings (SSSR count). The molecule has 30 heavy (non-hydrogen) atoms. The highest BCUT2D eigenvalue weighted by molar-refractivity contribution is 5.85. The molecule has 1 aromatic rings. The second kappa shape index (κ2) is 9.47. The molecule has 2 fully saturated rings. The molecule has 2 aliphatic heterocycles. The van der Waals surface area contributed by atoms with Gasteiger partial charge in [-0.2, -0.15) is 0 Å². The van der Waals surface area contributed by atoms with Crippen molar-refractivity contribution in [3.8, 4) is 11.5 Å². The van der Waals surface area contributed by atoms with E-state index in [1.165, 1.54) is 9.80 Å². The van der Waals surface area contributed by atoms with Crippen LogP contribution in [0.15, 0.2) is 24.3 Å². The van der Waals surface area contributed by atoms with Crippen LogP contribution in [0, 0.1) is 0 Å². The average Bonchev–Trinajstić information content (AvgIpc) is 3.40. The predicted octanol–water partition coefficient (Wildman–Crippen LogP) is 0.595. The van der Waals surface area contributed by atoms with Crippen LogP contribution >= 0.6 is 0 Å². The molecule has 0 bridgehead atoms. The SMILES string of the molecule is O=C(O)[C@H]1CCCN1C(=O)COc1ccc(OCC(=O)N2CCC[C@@H]2C(=O)O)cc1. The minimum atomic E-state index is -1.01. The van der Waals surface area contributed by atoms with Crippen molar-refractivity contribution in [3.05, 3.63) is 24.3 Å². The van der Waals surface area contributed by atoms with Crippen molar-refractivity contribution in [1.29, 1.82) is 0 Å². The summed E-state index contributed by atoms with van der Waals surface area (Å²) in [5.41, 5.74) is 0.